The summed E-state index contributed by atoms with van der Waals surface area (Å²) in [6, 6.07) is 16.0. The highest BCUT2D eigenvalue weighted by Crippen LogP contribution is 2.28. The van der Waals surface area contributed by atoms with Crippen molar-refractivity contribution in [3.63, 3.8) is 0 Å². The van der Waals surface area contributed by atoms with Gasteiger partial charge in [0.25, 0.3) is 0 Å². The second-order valence-electron chi connectivity index (χ2n) is 7.70. The van der Waals surface area contributed by atoms with Gasteiger partial charge in [-0.15, -0.1) is 0 Å². The number of aryl methyl sites for hydroxylation is 1. The second-order valence-corrected chi connectivity index (χ2v) is 8.13. The van der Waals surface area contributed by atoms with Gasteiger partial charge in [0.2, 0.25) is 0 Å². The smallest absolute Gasteiger partial charge is 0.321 e. The van der Waals surface area contributed by atoms with Crippen LogP contribution in [0.3, 0.4) is 0 Å². The zero-order chi connectivity index (χ0) is 20.9. The lowest BCUT2D eigenvalue weighted by Gasteiger charge is -2.36. The standard InChI is InChI=1S/C24H27ClN4O/c1-2-3-4-18-5-8-20(9-6-18)27-24(30)29-15-13-28(14-16-29)23-11-12-26-22-17-19(25)7-10-21(22)23/h5-12,17H,2-4,13-16H2,1H3,(H,27,30). The number of urea groups is 1. The maximum absolute atomic E-state index is 12.7. The molecule has 0 radical (unpaired) electrons. The van der Waals surface area contributed by atoms with Gasteiger partial charge < -0.3 is 15.1 Å². The van der Waals surface area contributed by atoms with E-state index in [0.717, 1.165) is 41.8 Å². The van der Waals surface area contributed by atoms with Crippen LogP contribution in [0.4, 0.5) is 16.2 Å². The monoisotopic (exact) mass is 422 g/mol. The number of aromatic nitrogens is 1. The van der Waals surface area contributed by atoms with E-state index in [9.17, 15) is 4.79 Å². The number of amides is 2. The summed E-state index contributed by atoms with van der Waals surface area (Å²) in [7, 11) is 0. The van der Waals surface area contributed by atoms with Crippen LogP contribution in [0, 0.1) is 0 Å². The fraction of sp³-hybridized carbons (Fsp3) is 0.333. The molecular formula is C24H27ClN4O. The number of piperazine rings is 1. The van der Waals surface area contributed by atoms with Crippen LogP contribution in [0.15, 0.2) is 54.7 Å². The Hall–Kier alpha value is -2.79. The molecule has 5 nitrogen and oxygen atoms in total. The van der Waals surface area contributed by atoms with Crippen molar-refractivity contribution in [1.82, 2.24) is 9.88 Å². The molecule has 156 valence electrons. The summed E-state index contributed by atoms with van der Waals surface area (Å²) in [5.74, 6) is 0. The first-order valence-electron chi connectivity index (χ1n) is 10.6. The van der Waals surface area contributed by atoms with E-state index in [0.29, 0.717) is 18.1 Å². The highest BCUT2D eigenvalue weighted by molar-refractivity contribution is 6.31. The number of fused-ring (bicyclic) bond motifs is 1. The lowest BCUT2D eigenvalue weighted by atomic mass is 10.1. The minimum absolute atomic E-state index is 0.0395. The molecule has 1 aliphatic heterocycles. The van der Waals surface area contributed by atoms with Crippen LogP contribution in [0.2, 0.25) is 5.02 Å². The summed E-state index contributed by atoms with van der Waals surface area (Å²) in [4.78, 5) is 21.3. The fourth-order valence-corrected chi connectivity index (χ4v) is 4.04. The molecule has 2 heterocycles. The Morgan fingerprint density at radius 3 is 2.57 bits per heavy atom. The maximum Gasteiger partial charge on any atom is 0.321 e. The molecule has 1 N–H and O–H groups in total. The Morgan fingerprint density at radius 1 is 1.07 bits per heavy atom. The molecule has 1 saturated heterocycles. The molecule has 2 amide bonds. The Morgan fingerprint density at radius 2 is 1.83 bits per heavy atom. The second kappa shape index (κ2) is 9.35. The molecule has 0 unspecified atom stereocenters. The summed E-state index contributed by atoms with van der Waals surface area (Å²) in [6.07, 6.45) is 5.28. The van der Waals surface area contributed by atoms with Gasteiger partial charge in [-0.1, -0.05) is 37.1 Å². The molecule has 0 saturated carbocycles. The van der Waals surface area contributed by atoms with E-state index in [4.69, 9.17) is 11.6 Å². The molecule has 4 rings (SSSR count). The average Bonchev–Trinajstić information content (AvgIpc) is 2.78. The number of rotatable bonds is 5. The largest absolute Gasteiger partial charge is 0.367 e. The van der Waals surface area contributed by atoms with Gasteiger partial charge in [0.15, 0.2) is 0 Å². The first-order chi connectivity index (χ1) is 14.6. The quantitative estimate of drug-likeness (QED) is 0.583. The number of nitrogens with one attached hydrogen (secondary N) is 1. The molecular weight excluding hydrogens is 396 g/mol. The normalized spacial score (nSPS) is 14.2. The number of halogens is 1. The van der Waals surface area contributed by atoms with Crippen LogP contribution >= 0.6 is 11.6 Å². The molecule has 1 fully saturated rings. The highest BCUT2D eigenvalue weighted by atomic mass is 35.5. The number of carbonyl (C=O) groups is 1. The molecule has 3 aromatic rings. The minimum Gasteiger partial charge on any atom is -0.367 e. The summed E-state index contributed by atoms with van der Waals surface area (Å²) < 4.78 is 0. The van der Waals surface area contributed by atoms with Crippen LogP contribution in [-0.2, 0) is 6.42 Å². The van der Waals surface area contributed by atoms with Gasteiger partial charge in [-0.25, -0.2) is 4.79 Å². The number of hydrogen-bond donors (Lipinski definition) is 1. The Balaban J connectivity index is 1.36. The number of hydrogen-bond acceptors (Lipinski definition) is 3. The molecule has 0 aliphatic carbocycles. The predicted octanol–water partition coefficient (Wildman–Crippen LogP) is 5.58. The number of anilines is 2. The van der Waals surface area contributed by atoms with Crippen molar-refractivity contribution >= 4 is 39.9 Å². The van der Waals surface area contributed by atoms with E-state index in [2.05, 4.69) is 34.3 Å². The predicted molar refractivity (Wildman–Crippen MR) is 125 cm³/mol. The minimum atomic E-state index is -0.0395. The molecule has 0 spiro atoms. The average molecular weight is 423 g/mol. The van der Waals surface area contributed by atoms with Crippen molar-refractivity contribution in [2.45, 2.75) is 26.2 Å². The third kappa shape index (κ3) is 4.68. The van der Waals surface area contributed by atoms with Crippen LogP contribution in [0.5, 0.6) is 0 Å². The van der Waals surface area contributed by atoms with Crippen molar-refractivity contribution in [3.05, 3.63) is 65.3 Å². The van der Waals surface area contributed by atoms with Gasteiger partial charge in [0.05, 0.1) is 5.52 Å². The molecule has 6 heteroatoms. The lowest BCUT2D eigenvalue weighted by Crippen LogP contribution is -2.50. The van der Waals surface area contributed by atoms with Crippen molar-refractivity contribution < 1.29 is 4.79 Å². The van der Waals surface area contributed by atoms with Gasteiger partial charge >= 0.3 is 6.03 Å². The topological polar surface area (TPSA) is 48.5 Å². The van der Waals surface area contributed by atoms with Gasteiger partial charge in [0.1, 0.15) is 0 Å². The lowest BCUT2D eigenvalue weighted by molar-refractivity contribution is 0.208. The Kier molecular flexibility index (Phi) is 6.38. The van der Waals surface area contributed by atoms with E-state index in [1.165, 1.54) is 18.4 Å². The van der Waals surface area contributed by atoms with Gasteiger partial charge in [-0.2, -0.15) is 0 Å². The first-order valence-corrected chi connectivity index (χ1v) is 11.0. The maximum atomic E-state index is 12.7. The van der Waals surface area contributed by atoms with Crippen LogP contribution < -0.4 is 10.2 Å². The van der Waals surface area contributed by atoms with E-state index in [1.807, 2.05) is 47.5 Å². The van der Waals surface area contributed by atoms with Gasteiger partial charge in [-0.3, -0.25) is 4.98 Å². The summed E-state index contributed by atoms with van der Waals surface area (Å²) in [5, 5.41) is 4.80. The summed E-state index contributed by atoms with van der Waals surface area (Å²) in [6.45, 7) is 5.12. The van der Waals surface area contributed by atoms with E-state index >= 15 is 0 Å². The van der Waals surface area contributed by atoms with E-state index in [1.54, 1.807) is 0 Å². The third-order valence-corrected chi connectivity index (χ3v) is 5.85. The highest BCUT2D eigenvalue weighted by Gasteiger charge is 2.22. The zero-order valence-corrected chi connectivity index (χ0v) is 18.0. The zero-order valence-electron chi connectivity index (χ0n) is 17.3. The molecule has 2 aromatic carbocycles. The van der Waals surface area contributed by atoms with Gasteiger partial charge in [0, 0.05) is 54.2 Å². The molecule has 30 heavy (non-hydrogen) atoms. The number of carbonyl (C=O) groups excluding carboxylic acids is 1. The van der Waals surface area contributed by atoms with Crippen molar-refractivity contribution in [2.24, 2.45) is 0 Å². The first kappa shape index (κ1) is 20.5. The van der Waals surface area contributed by atoms with E-state index < -0.39 is 0 Å². The van der Waals surface area contributed by atoms with Gasteiger partial charge in [-0.05, 0) is 54.8 Å². The number of nitrogens with zero attached hydrogens (tertiary/aromatic N) is 3. The molecule has 1 aromatic heterocycles. The van der Waals surface area contributed by atoms with Crippen molar-refractivity contribution in [1.29, 1.82) is 0 Å². The summed E-state index contributed by atoms with van der Waals surface area (Å²) >= 11 is 6.10. The molecule has 0 bridgehead atoms. The fourth-order valence-electron chi connectivity index (χ4n) is 3.87. The number of pyridine rings is 1. The summed E-state index contributed by atoms with van der Waals surface area (Å²) in [5.41, 5.74) is 4.19. The van der Waals surface area contributed by atoms with Crippen LogP contribution in [0.25, 0.3) is 10.9 Å². The number of benzene rings is 2. The van der Waals surface area contributed by atoms with Crippen molar-refractivity contribution in [2.75, 3.05) is 36.4 Å². The Bertz CT molecular complexity index is 1010. The van der Waals surface area contributed by atoms with Crippen molar-refractivity contribution in [3.8, 4) is 0 Å². The third-order valence-electron chi connectivity index (χ3n) is 5.61. The Labute approximate surface area is 182 Å². The van der Waals surface area contributed by atoms with Crippen LogP contribution in [0.1, 0.15) is 25.3 Å². The SMILES string of the molecule is CCCCc1ccc(NC(=O)N2CCN(c3ccnc4cc(Cl)ccc34)CC2)cc1. The van der Waals surface area contributed by atoms with Crippen LogP contribution in [-0.4, -0.2) is 42.1 Å². The molecule has 1 aliphatic rings. The van der Waals surface area contributed by atoms with E-state index in [-0.39, 0.29) is 6.03 Å². The molecule has 0 atom stereocenters. The number of unbranched alkanes of at least 4 members (excludes halogenated alkanes) is 1.